The minimum absolute atomic E-state index is 0.0167. The van der Waals surface area contributed by atoms with Gasteiger partial charge in [-0.25, -0.2) is 0 Å². The number of carbonyl (C=O) groups is 1. The molecular weight excluding hydrogens is 200 g/mol. The average Bonchev–Trinajstić information content (AvgIpc) is 2.20. The summed E-state index contributed by atoms with van der Waals surface area (Å²) in [5.74, 6) is -0.0167. The van der Waals surface area contributed by atoms with Crippen molar-refractivity contribution < 1.29 is 9.53 Å². The highest BCUT2D eigenvalue weighted by Gasteiger charge is 2.54. The minimum Gasteiger partial charge on any atom is -0.458 e. The van der Waals surface area contributed by atoms with E-state index >= 15 is 0 Å². The summed E-state index contributed by atoms with van der Waals surface area (Å²) in [5.41, 5.74) is -0.0420. The summed E-state index contributed by atoms with van der Waals surface area (Å²) >= 11 is 0. The van der Waals surface area contributed by atoms with Crippen LogP contribution >= 0.6 is 0 Å². The number of unbranched alkanes of at least 4 members (excludes halogenated alkanes) is 3. The van der Waals surface area contributed by atoms with Gasteiger partial charge in [-0.15, -0.1) is 0 Å². The number of esters is 1. The molecule has 0 spiro atoms. The monoisotopic (exact) mass is 226 g/mol. The number of hydrogen-bond acceptors (Lipinski definition) is 2. The van der Waals surface area contributed by atoms with Crippen LogP contribution in [-0.4, -0.2) is 11.6 Å². The van der Waals surface area contributed by atoms with E-state index in [0.717, 1.165) is 12.8 Å². The highest BCUT2D eigenvalue weighted by Crippen LogP contribution is 2.49. The van der Waals surface area contributed by atoms with Crippen LogP contribution in [0.4, 0.5) is 0 Å². The van der Waals surface area contributed by atoms with Gasteiger partial charge in [-0.05, 0) is 19.3 Å². The van der Waals surface area contributed by atoms with E-state index in [9.17, 15) is 4.79 Å². The lowest BCUT2D eigenvalue weighted by Crippen LogP contribution is -2.57. The quantitative estimate of drug-likeness (QED) is 0.483. The molecule has 1 heterocycles. The summed E-state index contributed by atoms with van der Waals surface area (Å²) in [4.78, 5) is 11.1. The van der Waals surface area contributed by atoms with E-state index in [1.54, 1.807) is 0 Å². The molecule has 1 atom stereocenters. The molecule has 1 fully saturated rings. The normalized spacial score (nSPS) is 25.1. The maximum Gasteiger partial charge on any atom is 0.310 e. The van der Waals surface area contributed by atoms with Crippen molar-refractivity contribution in [2.75, 3.05) is 0 Å². The van der Waals surface area contributed by atoms with E-state index in [1.165, 1.54) is 25.7 Å². The number of rotatable bonds is 7. The standard InChI is InChI=1S/C14H26O2/c1-5-7-8-9-10-14(11-12(15)16-14)13(3,4)6-2/h5-11H2,1-4H3. The molecule has 1 rings (SSSR count). The second-order valence-corrected chi connectivity index (χ2v) is 5.69. The predicted molar refractivity (Wildman–Crippen MR) is 66.3 cm³/mol. The Balaban J connectivity index is 2.51. The summed E-state index contributed by atoms with van der Waals surface area (Å²) in [6.07, 6.45) is 7.72. The minimum atomic E-state index is -0.160. The zero-order chi connectivity index (χ0) is 12.2. The fourth-order valence-electron chi connectivity index (χ4n) is 2.46. The van der Waals surface area contributed by atoms with Crippen molar-refractivity contribution in [3.8, 4) is 0 Å². The van der Waals surface area contributed by atoms with Gasteiger partial charge in [0.25, 0.3) is 0 Å². The third-order valence-corrected chi connectivity index (χ3v) is 4.29. The van der Waals surface area contributed by atoms with Crippen LogP contribution in [0.1, 0.15) is 72.6 Å². The highest BCUT2D eigenvalue weighted by atomic mass is 16.6. The van der Waals surface area contributed by atoms with E-state index in [-0.39, 0.29) is 17.0 Å². The first-order valence-electron chi connectivity index (χ1n) is 6.69. The van der Waals surface area contributed by atoms with E-state index < -0.39 is 0 Å². The Hall–Kier alpha value is -0.530. The summed E-state index contributed by atoms with van der Waals surface area (Å²) in [6, 6.07) is 0. The van der Waals surface area contributed by atoms with Crippen LogP contribution in [0.15, 0.2) is 0 Å². The second-order valence-electron chi connectivity index (χ2n) is 5.69. The first-order valence-corrected chi connectivity index (χ1v) is 6.69. The molecule has 16 heavy (non-hydrogen) atoms. The van der Waals surface area contributed by atoms with Crippen LogP contribution < -0.4 is 0 Å². The predicted octanol–water partition coefficient (Wildman–Crippen LogP) is 4.08. The van der Waals surface area contributed by atoms with Gasteiger partial charge in [0.1, 0.15) is 5.60 Å². The molecule has 2 nitrogen and oxygen atoms in total. The SMILES string of the molecule is CCCCCCC1(C(C)(C)CC)CC(=O)O1. The van der Waals surface area contributed by atoms with Gasteiger partial charge < -0.3 is 4.74 Å². The van der Waals surface area contributed by atoms with Gasteiger partial charge in [-0.1, -0.05) is 47.0 Å². The largest absolute Gasteiger partial charge is 0.458 e. The van der Waals surface area contributed by atoms with Gasteiger partial charge in [0.05, 0.1) is 6.42 Å². The molecule has 2 heteroatoms. The molecule has 0 radical (unpaired) electrons. The Bertz CT molecular complexity index is 235. The van der Waals surface area contributed by atoms with Gasteiger partial charge in [0.15, 0.2) is 0 Å². The average molecular weight is 226 g/mol. The number of carbonyl (C=O) groups excluding carboxylic acids is 1. The van der Waals surface area contributed by atoms with E-state index in [0.29, 0.717) is 6.42 Å². The Labute approximate surface area is 99.8 Å². The Morgan fingerprint density at radius 2 is 1.88 bits per heavy atom. The topological polar surface area (TPSA) is 26.3 Å². The van der Waals surface area contributed by atoms with Crippen molar-refractivity contribution in [2.45, 2.75) is 78.2 Å². The molecule has 0 aliphatic carbocycles. The summed E-state index contributed by atoms with van der Waals surface area (Å²) in [7, 11) is 0. The molecule has 0 N–H and O–H groups in total. The third kappa shape index (κ3) is 2.58. The smallest absolute Gasteiger partial charge is 0.310 e. The second kappa shape index (κ2) is 5.20. The summed E-state index contributed by atoms with van der Waals surface area (Å²) < 4.78 is 5.52. The van der Waals surface area contributed by atoms with Gasteiger partial charge in [-0.2, -0.15) is 0 Å². The van der Waals surface area contributed by atoms with E-state index in [4.69, 9.17) is 4.74 Å². The van der Waals surface area contributed by atoms with Crippen LogP contribution in [0.5, 0.6) is 0 Å². The van der Waals surface area contributed by atoms with E-state index in [2.05, 4.69) is 27.7 Å². The molecule has 1 unspecified atom stereocenters. The molecule has 1 aliphatic heterocycles. The van der Waals surface area contributed by atoms with Crippen LogP contribution in [0, 0.1) is 5.41 Å². The fourth-order valence-corrected chi connectivity index (χ4v) is 2.46. The van der Waals surface area contributed by atoms with Gasteiger partial charge in [0.2, 0.25) is 0 Å². The van der Waals surface area contributed by atoms with Crippen molar-refractivity contribution in [3.63, 3.8) is 0 Å². The first-order chi connectivity index (χ1) is 7.47. The van der Waals surface area contributed by atoms with Crippen LogP contribution in [0.25, 0.3) is 0 Å². The zero-order valence-electron chi connectivity index (χ0n) is 11.3. The number of hydrogen-bond donors (Lipinski definition) is 0. The lowest BCUT2D eigenvalue weighted by Gasteiger charge is -2.51. The third-order valence-electron chi connectivity index (χ3n) is 4.29. The van der Waals surface area contributed by atoms with E-state index in [1.807, 2.05) is 0 Å². The molecular formula is C14H26O2. The van der Waals surface area contributed by atoms with Crippen molar-refractivity contribution in [2.24, 2.45) is 5.41 Å². The van der Waals surface area contributed by atoms with Crippen molar-refractivity contribution in [1.29, 1.82) is 0 Å². The van der Waals surface area contributed by atoms with Gasteiger partial charge in [-0.3, -0.25) is 4.79 Å². The van der Waals surface area contributed by atoms with Crippen molar-refractivity contribution in [1.82, 2.24) is 0 Å². The van der Waals surface area contributed by atoms with Crippen LogP contribution in [0.2, 0.25) is 0 Å². The Morgan fingerprint density at radius 1 is 1.25 bits per heavy atom. The molecule has 0 aromatic heterocycles. The number of cyclic esters (lactones) is 1. The molecule has 0 amide bonds. The van der Waals surface area contributed by atoms with Crippen molar-refractivity contribution >= 4 is 5.97 Å². The molecule has 0 aromatic rings. The first kappa shape index (κ1) is 13.5. The van der Waals surface area contributed by atoms with Crippen LogP contribution in [0.3, 0.4) is 0 Å². The highest BCUT2D eigenvalue weighted by molar-refractivity contribution is 5.77. The summed E-state index contributed by atoms with van der Waals surface area (Å²) in [6.45, 7) is 8.84. The summed E-state index contributed by atoms with van der Waals surface area (Å²) in [5, 5.41) is 0. The van der Waals surface area contributed by atoms with Crippen molar-refractivity contribution in [3.05, 3.63) is 0 Å². The number of ether oxygens (including phenoxy) is 1. The lowest BCUT2D eigenvalue weighted by atomic mass is 9.66. The molecule has 0 aromatic carbocycles. The molecule has 1 aliphatic rings. The van der Waals surface area contributed by atoms with Crippen LogP contribution in [-0.2, 0) is 9.53 Å². The molecule has 0 bridgehead atoms. The maximum absolute atomic E-state index is 11.1. The molecule has 0 saturated carbocycles. The Kier molecular flexibility index (Phi) is 4.40. The lowest BCUT2D eigenvalue weighted by molar-refractivity contribution is -0.218. The molecule has 1 saturated heterocycles. The fraction of sp³-hybridized carbons (Fsp3) is 0.929. The maximum atomic E-state index is 11.1. The Morgan fingerprint density at radius 3 is 2.31 bits per heavy atom. The molecule has 94 valence electrons. The van der Waals surface area contributed by atoms with Gasteiger partial charge in [0, 0.05) is 5.41 Å². The van der Waals surface area contributed by atoms with Gasteiger partial charge >= 0.3 is 5.97 Å². The zero-order valence-corrected chi connectivity index (χ0v) is 11.3.